The maximum Gasteiger partial charge on any atom is 0.337 e. The molecule has 0 bridgehead atoms. The number of hydrogen-bond acceptors (Lipinski definition) is 4. The molecule has 1 N–H and O–H groups in total. The quantitative estimate of drug-likeness (QED) is 0.874. The molecule has 0 amide bonds. The van der Waals surface area contributed by atoms with Crippen LogP contribution in [0.25, 0.3) is 0 Å². The van der Waals surface area contributed by atoms with E-state index in [1.807, 2.05) is 12.1 Å². The van der Waals surface area contributed by atoms with Gasteiger partial charge in [-0.2, -0.15) is 5.26 Å². The van der Waals surface area contributed by atoms with Crippen LogP contribution in [0.15, 0.2) is 41.4 Å². The van der Waals surface area contributed by atoms with Gasteiger partial charge in [-0.15, -0.1) is 11.8 Å². The number of carboxylic acids is 1. The lowest BCUT2D eigenvalue weighted by Gasteiger charge is -2.05. The highest BCUT2D eigenvalue weighted by Crippen LogP contribution is 2.27. The normalized spacial score (nSPS) is 10.0. The summed E-state index contributed by atoms with van der Waals surface area (Å²) in [6, 6.07) is 10.5. The highest BCUT2D eigenvalue weighted by molar-refractivity contribution is 7.98. The molecule has 1 aromatic carbocycles. The molecule has 2 rings (SSSR count). The maximum atomic E-state index is 11.0. The van der Waals surface area contributed by atoms with Gasteiger partial charge in [0.2, 0.25) is 0 Å². The van der Waals surface area contributed by atoms with Crippen LogP contribution in [-0.4, -0.2) is 16.1 Å². The van der Waals surface area contributed by atoms with E-state index in [2.05, 4.69) is 4.98 Å². The SMILES string of the molecule is N#Cc1ncccc1CSc1ccc(Cl)c(C(=O)O)c1. The molecular weight excluding hydrogens is 296 g/mol. The van der Waals surface area contributed by atoms with E-state index in [0.29, 0.717) is 11.4 Å². The Bertz CT molecular complexity index is 698. The molecule has 0 unspecified atom stereocenters. The van der Waals surface area contributed by atoms with E-state index in [4.69, 9.17) is 22.0 Å². The van der Waals surface area contributed by atoms with Gasteiger partial charge in [0.05, 0.1) is 10.6 Å². The minimum absolute atomic E-state index is 0.0726. The van der Waals surface area contributed by atoms with E-state index < -0.39 is 5.97 Å². The molecule has 0 fully saturated rings. The van der Waals surface area contributed by atoms with E-state index in [0.717, 1.165) is 10.5 Å². The van der Waals surface area contributed by atoms with Crippen molar-refractivity contribution in [2.24, 2.45) is 0 Å². The third-order valence-corrected chi connectivity index (χ3v) is 3.93. The van der Waals surface area contributed by atoms with E-state index in [1.54, 1.807) is 24.4 Å². The molecule has 20 heavy (non-hydrogen) atoms. The van der Waals surface area contributed by atoms with Gasteiger partial charge >= 0.3 is 5.97 Å². The van der Waals surface area contributed by atoms with Gasteiger partial charge in [0.15, 0.2) is 0 Å². The molecule has 0 saturated carbocycles. The fourth-order valence-corrected chi connectivity index (χ4v) is 2.69. The number of carboxylic acid groups (broad SMARTS) is 1. The lowest BCUT2D eigenvalue weighted by molar-refractivity contribution is 0.0697. The second-order valence-corrected chi connectivity index (χ2v) is 5.31. The number of carbonyl (C=O) groups is 1. The summed E-state index contributed by atoms with van der Waals surface area (Å²) >= 11 is 7.24. The lowest BCUT2D eigenvalue weighted by atomic mass is 10.2. The Balaban J connectivity index is 2.18. The summed E-state index contributed by atoms with van der Waals surface area (Å²) in [4.78, 5) is 15.8. The first-order valence-electron chi connectivity index (χ1n) is 5.61. The molecule has 0 atom stereocenters. The van der Waals surface area contributed by atoms with Crippen LogP contribution in [0.1, 0.15) is 21.6 Å². The van der Waals surface area contributed by atoms with Crippen molar-refractivity contribution in [1.82, 2.24) is 4.98 Å². The molecule has 1 heterocycles. The first kappa shape index (κ1) is 14.4. The third kappa shape index (κ3) is 3.29. The number of nitriles is 1. The van der Waals surface area contributed by atoms with Gasteiger partial charge in [-0.05, 0) is 29.8 Å². The predicted molar refractivity (Wildman–Crippen MR) is 76.9 cm³/mol. The summed E-state index contributed by atoms with van der Waals surface area (Å²) in [5, 5.41) is 18.2. The molecule has 0 aliphatic heterocycles. The fraction of sp³-hybridized carbons (Fsp3) is 0.0714. The zero-order valence-corrected chi connectivity index (χ0v) is 11.8. The zero-order valence-electron chi connectivity index (χ0n) is 10.2. The van der Waals surface area contributed by atoms with Crippen LogP contribution in [-0.2, 0) is 5.75 Å². The Morgan fingerprint density at radius 3 is 2.95 bits per heavy atom. The van der Waals surface area contributed by atoms with Crippen LogP contribution in [0.2, 0.25) is 5.02 Å². The standard InChI is InChI=1S/C14H9ClN2O2S/c15-12-4-3-10(6-11(12)14(18)19)20-8-9-2-1-5-17-13(9)7-16/h1-6H,8H2,(H,18,19). The molecule has 0 radical (unpaired) electrons. The Kier molecular flexibility index (Phi) is 4.61. The smallest absolute Gasteiger partial charge is 0.337 e. The average molecular weight is 305 g/mol. The van der Waals surface area contributed by atoms with Crippen LogP contribution in [0.5, 0.6) is 0 Å². The van der Waals surface area contributed by atoms with Gasteiger partial charge in [-0.3, -0.25) is 0 Å². The molecule has 1 aromatic heterocycles. The molecule has 2 aromatic rings. The van der Waals surface area contributed by atoms with Crippen LogP contribution >= 0.6 is 23.4 Å². The number of aromatic carboxylic acids is 1. The number of hydrogen-bond donors (Lipinski definition) is 1. The molecule has 4 nitrogen and oxygen atoms in total. The van der Waals surface area contributed by atoms with Crippen molar-refractivity contribution >= 4 is 29.3 Å². The predicted octanol–water partition coefficient (Wildman–Crippen LogP) is 3.60. The number of nitrogens with zero attached hydrogens (tertiary/aromatic N) is 2. The van der Waals surface area contributed by atoms with Crippen molar-refractivity contribution in [3.05, 3.63) is 58.4 Å². The van der Waals surface area contributed by atoms with Crippen LogP contribution in [0.3, 0.4) is 0 Å². The molecule has 6 heteroatoms. The minimum atomic E-state index is -1.06. The van der Waals surface area contributed by atoms with Gasteiger partial charge < -0.3 is 5.11 Å². The van der Waals surface area contributed by atoms with Crippen LogP contribution < -0.4 is 0 Å². The van der Waals surface area contributed by atoms with Crippen molar-refractivity contribution < 1.29 is 9.90 Å². The summed E-state index contributed by atoms with van der Waals surface area (Å²) < 4.78 is 0. The maximum absolute atomic E-state index is 11.0. The number of pyridine rings is 1. The fourth-order valence-electron chi connectivity index (χ4n) is 1.57. The van der Waals surface area contributed by atoms with E-state index in [9.17, 15) is 4.79 Å². The molecule has 0 saturated heterocycles. The van der Waals surface area contributed by atoms with Gasteiger partial charge in [0, 0.05) is 16.8 Å². The van der Waals surface area contributed by atoms with Crippen molar-refractivity contribution in [1.29, 1.82) is 5.26 Å². The molecule has 0 aliphatic rings. The van der Waals surface area contributed by atoms with Crippen LogP contribution in [0, 0.1) is 11.3 Å². The van der Waals surface area contributed by atoms with Gasteiger partial charge in [0.25, 0.3) is 0 Å². The zero-order chi connectivity index (χ0) is 14.5. The van der Waals surface area contributed by atoms with E-state index in [-0.39, 0.29) is 10.6 Å². The summed E-state index contributed by atoms with van der Waals surface area (Å²) in [6.07, 6.45) is 1.57. The summed E-state index contributed by atoms with van der Waals surface area (Å²) in [5.74, 6) is -0.520. The van der Waals surface area contributed by atoms with Crippen molar-refractivity contribution in [2.45, 2.75) is 10.6 Å². The highest BCUT2D eigenvalue weighted by atomic mass is 35.5. The minimum Gasteiger partial charge on any atom is -0.478 e. The average Bonchev–Trinajstić information content (AvgIpc) is 2.46. The largest absolute Gasteiger partial charge is 0.478 e. The third-order valence-electron chi connectivity index (χ3n) is 2.56. The molecular formula is C14H9ClN2O2S. The lowest BCUT2D eigenvalue weighted by Crippen LogP contribution is -1.97. The second kappa shape index (κ2) is 6.42. The highest BCUT2D eigenvalue weighted by Gasteiger charge is 2.10. The van der Waals surface area contributed by atoms with E-state index >= 15 is 0 Å². The first-order chi connectivity index (χ1) is 9.61. The van der Waals surface area contributed by atoms with Crippen molar-refractivity contribution in [3.8, 4) is 6.07 Å². The molecule has 100 valence electrons. The Hall–Kier alpha value is -2.03. The number of thioether (sulfide) groups is 1. The Morgan fingerprint density at radius 2 is 2.25 bits per heavy atom. The Morgan fingerprint density at radius 1 is 1.45 bits per heavy atom. The van der Waals surface area contributed by atoms with Gasteiger partial charge in [-0.25, -0.2) is 9.78 Å². The van der Waals surface area contributed by atoms with Gasteiger partial charge in [0.1, 0.15) is 11.8 Å². The first-order valence-corrected chi connectivity index (χ1v) is 6.98. The Labute approximate surface area is 125 Å². The summed E-state index contributed by atoms with van der Waals surface area (Å²) in [6.45, 7) is 0. The summed E-state index contributed by atoms with van der Waals surface area (Å²) in [5.41, 5.74) is 1.27. The second-order valence-electron chi connectivity index (χ2n) is 3.86. The number of rotatable bonds is 4. The topological polar surface area (TPSA) is 74.0 Å². The van der Waals surface area contributed by atoms with Crippen molar-refractivity contribution in [2.75, 3.05) is 0 Å². The van der Waals surface area contributed by atoms with Gasteiger partial charge in [-0.1, -0.05) is 17.7 Å². The summed E-state index contributed by atoms with van der Waals surface area (Å²) in [7, 11) is 0. The number of aromatic nitrogens is 1. The van der Waals surface area contributed by atoms with E-state index in [1.165, 1.54) is 17.8 Å². The number of benzene rings is 1. The van der Waals surface area contributed by atoms with Crippen molar-refractivity contribution in [3.63, 3.8) is 0 Å². The number of halogens is 1. The molecule has 0 spiro atoms. The van der Waals surface area contributed by atoms with Crippen LogP contribution in [0.4, 0.5) is 0 Å². The molecule has 0 aliphatic carbocycles. The monoisotopic (exact) mass is 304 g/mol.